The molecule has 0 amide bonds. The van der Waals surface area contributed by atoms with Gasteiger partial charge in [-0.25, -0.2) is 4.98 Å². The van der Waals surface area contributed by atoms with Crippen molar-refractivity contribution in [3.8, 4) is 11.5 Å². The monoisotopic (exact) mass is 426 g/mol. The topological polar surface area (TPSA) is 47.3 Å². The standard InChI is InChI=1S/C25H31ClN2O2/c1-2-3-4-5-6-7-16-25(29,19-28-18-17-27-20-28)21-8-12-23(13-9-21)30-24-14-10-22(26)11-15-24/h8-15,17-18,20,29H,2-7,16,19H2,1H3. The number of rotatable bonds is 12. The van der Waals surface area contributed by atoms with Crippen LogP contribution in [0, 0.1) is 0 Å². The van der Waals surface area contributed by atoms with Crippen LogP contribution < -0.4 is 4.74 Å². The first-order valence-corrected chi connectivity index (χ1v) is 11.2. The molecule has 0 radical (unpaired) electrons. The molecule has 0 spiro atoms. The summed E-state index contributed by atoms with van der Waals surface area (Å²) in [5.74, 6) is 1.46. The maximum absolute atomic E-state index is 11.6. The van der Waals surface area contributed by atoms with Crippen molar-refractivity contribution >= 4 is 11.6 Å². The number of unbranched alkanes of at least 4 members (excludes halogenated alkanes) is 5. The lowest BCUT2D eigenvalue weighted by molar-refractivity contribution is 0.00702. The van der Waals surface area contributed by atoms with E-state index in [1.165, 1.54) is 25.7 Å². The molecule has 0 saturated carbocycles. The Morgan fingerprint density at radius 3 is 2.20 bits per heavy atom. The molecule has 4 nitrogen and oxygen atoms in total. The van der Waals surface area contributed by atoms with E-state index in [2.05, 4.69) is 11.9 Å². The number of nitrogens with zero attached hydrogens (tertiary/aromatic N) is 2. The number of hydrogen-bond acceptors (Lipinski definition) is 3. The second kappa shape index (κ2) is 11.2. The van der Waals surface area contributed by atoms with E-state index < -0.39 is 5.60 Å². The SMILES string of the molecule is CCCCCCCCC(O)(Cn1ccnc1)c1ccc(Oc2ccc(Cl)cc2)cc1. The van der Waals surface area contributed by atoms with Crippen molar-refractivity contribution in [3.63, 3.8) is 0 Å². The molecule has 1 aromatic heterocycles. The molecular weight excluding hydrogens is 396 g/mol. The van der Waals surface area contributed by atoms with Gasteiger partial charge in [0, 0.05) is 17.4 Å². The second-order valence-corrected chi connectivity index (χ2v) is 8.30. The molecule has 1 atom stereocenters. The van der Waals surface area contributed by atoms with Crippen LogP contribution in [0.5, 0.6) is 11.5 Å². The molecule has 0 saturated heterocycles. The lowest BCUT2D eigenvalue weighted by Gasteiger charge is -2.29. The Hall–Kier alpha value is -2.30. The number of benzene rings is 2. The first-order chi connectivity index (χ1) is 14.6. The van der Waals surface area contributed by atoms with Crippen molar-refractivity contribution in [2.45, 2.75) is 64.0 Å². The van der Waals surface area contributed by atoms with Gasteiger partial charge in [0.2, 0.25) is 0 Å². The summed E-state index contributed by atoms with van der Waals surface area (Å²) >= 11 is 5.93. The van der Waals surface area contributed by atoms with Gasteiger partial charge in [-0.3, -0.25) is 0 Å². The van der Waals surface area contributed by atoms with Crippen LogP contribution in [0.1, 0.15) is 57.4 Å². The van der Waals surface area contributed by atoms with Crippen molar-refractivity contribution in [3.05, 3.63) is 77.8 Å². The van der Waals surface area contributed by atoms with Crippen LogP contribution in [0.2, 0.25) is 5.02 Å². The lowest BCUT2D eigenvalue weighted by Crippen LogP contribution is -2.31. The summed E-state index contributed by atoms with van der Waals surface area (Å²) in [6.45, 7) is 2.71. The Bertz CT molecular complexity index is 863. The van der Waals surface area contributed by atoms with Crippen molar-refractivity contribution in [2.75, 3.05) is 0 Å². The Morgan fingerprint density at radius 1 is 0.933 bits per heavy atom. The van der Waals surface area contributed by atoms with Crippen LogP contribution in [0.25, 0.3) is 0 Å². The minimum atomic E-state index is -0.940. The van der Waals surface area contributed by atoms with E-state index in [1.807, 2.05) is 47.2 Å². The average Bonchev–Trinajstić information content (AvgIpc) is 3.25. The molecule has 1 unspecified atom stereocenters. The van der Waals surface area contributed by atoms with E-state index in [-0.39, 0.29) is 0 Å². The van der Waals surface area contributed by atoms with Crippen molar-refractivity contribution in [2.24, 2.45) is 0 Å². The van der Waals surface area contributed by atoms with Gasteiger partial charge in [-0.1, -0.05) is 69.2 Å². The normalized spacial score (nSPS) is 13.2. The van der Waals surface area contributed by atoms with E-state index >= 15 is 0 Å². The summed E-state index contributed by atoms with van der Waals surface area (Å²) < 4.78 is 7.83. The third kappa shape index (κ3) is 6.61. The number of aromatic nitrogens is 2. The number of halogens is 1. The fourth-order valence-corrected chi connectivity index (χ4v) is 3.79. The maximum atomic E-state index is 11.6. The summed E-state index contributed by atoms with van der Waals surface area (Å²) in [5, 5.41) is 12.2. The first-order valence-electron chi connectivity index (χ1n) is 10.8. The fourth-order valence-electron chi connectivity index (χ4n) is 3.67. The van der Waals surface area contributed by atoms with Gasteiger partial charge >= 0.3 is 0 Å². The summed E-state index contributed by atoms with van der Waals surface area (Å²) in [6, 6.07) is 15.0. The second-order valence-electron chi connectivity index (χ2n) is 7.86. The van der Waals surface area contributed by atoms with E-state index in [0.29, 0.717) is 18.0 Å². The number of ether oxygens (including phenoxy) is 1. The molecule has 1 N–H and O–H groups in total. The number of aliphatic hydroxyl groups is 1. The number of imidazole rings is 1. The van der Waals surface area contributed by atoms with Gasteiger partial charge in [0.25, 0.3) is 0 Å². The number of hydrogen-bond donors (Lipinski definition) is 1. The smallest absolute Gasteiger partial charge is 0.127 e. The molecule has 0 bridgehead atoms. The molecule has 30 heavy (non-hydrogen) atoms. The zero-order valence-electron chi connectivity index (χ0n) is 17.6. The minimum Gasteiger partial charge on any atom is -0.457 e. The third-order valence-electron chi connectivity index (χ3n) is 5.39. The van der Waals surface area contributed by atoms with Gasteiger partial charge in [-0.05, 0) is 48.4 Å². The molecule has 3 aromatic rings. The van der Waals surface area contributed by atoms with Gasteiger partial charge in [0.05, 0.1) is 12.9 Å². The van der Waals surface area contributed by atoms with Crippen molar-refractivity contribution in [1.82, 2.24) is 9.55 Å². The van der Waals surface area contributed by atoms with Gasteiger partial charge in [0.1, 0.15) is 17.1 Å². The highest BCUT2D eigenvalue weighted by Crippen LogP contribution is 2.32. The van der Waals surface area contributed by atoms with Gasteiger partial charge < -0.3 is 14.4 Å². The molecule has 1 heterocycles. The summed E-state index contributed by atoms with van der Waals surface area (Å²) in [6.07, 6.45) is 13.3. The lowest BCUT2D eigenvalue weighted by atomic mass is 9.87. The van der Waals surface area contributed by atoms with Crippen LogP contribution in [0.3, 0.4) is 0 Å². The molecule has 0 aliphatic heterocycles. The molecule has 0 aliphatic carbocycles. The molecule has 0 fully saturated rings. The van der Waals surface area contributed by atoms with E-state index in [0.717, 1.165) is 29.9 Å². The van der Waals surface area contributed by atoms with E-state index in [9.17, 15) is 5.11 Å². The summed E-state index contributed by atoms with van der Waals surface area (Å²) in [7, 11) is 0. The fraction of sp³-hybridized carbons (Fsp3) is 0.400. The minimum absolute atomic E-state index is 0.485. The molecule has 3 rings (SSSR count). The predicted molar refractivity (Wildman–Crippen MR) is 122 cm³/mol. The van der Waals surface area contributed by atoms with Gasteiger partial charge in [-0.15, -0.1) is 0 Å². The largest absolute Gasteiger partial charge is 0.457 e. The zero-order valence-corrected chi connectivity index (χ0v) is 18.4. The quantitative estimate of drug-likeness (QED) is 0.318. The zero-order chi connectivity index (χ0) is 21.2. The summed E-state index contributed by atoms with van der Waals surface area (Å²) in [4.78, 5) is 4.12. The van der Waals surface area contributed by atoms with Crippen LogP contribution in [-0.2, 0) is 12.1 Å². The van der Waals surface area contributed by atoms with E-state index in [4.69, 9.17) is 16.3 Å². The summed E-state index contributed by atoms with van der Waals surface area (Å²) in [5.41, 5.74) is -0.0437. The van der Waals surface area contributed by atoms with Crippen LogP contribution in [-0.4, -0.2) is 14.7 Å². The van der Waals surface area contributed by atoms with Crippen molar-refractivity contribution < 1.29 is 9.84 Å². The highest BCUT2D eigenvalue weighted by Gasteiger charge is 2.29. The van der Waals surface area contributed by atoms with Crippen LogP contribution in [0.15, 0.2) is 67.3 Å². The Labute approximate surface area is 184 Å². The predicted octanol–water partition coefficient (Wildman–Crippen LogP) is 6.97. The molecule has 160 valence electrons. The van der Waals surface area contributed by atoms with Crippen LogP contribution in [0.4, 0.5) is 0 Å². The highest BCUT2D eigenvalue weighted by molar-refractivity contribution is 6.30. The maximum Gasteiger partial charge on any atom is 0.127 e. The van der Waals surface area contributed by atoms with Gasteiger partial charge in [0.15, 0.2) is 0 Å². The molecule has 5 heteroatoms. The molecule has 2 aromatic carbocycles. The van der Waals surface area contributed by atoms with E-state index in [1.54, 1.807) is 24.7 Å². The third-order valence-corrected chi connectivity index (χ3v) is 5.64. The molecule has 0 aliphatic rings. The Kier molecular flexibility index (Phi) is 8.35. The Morgan fingerprint density at radius 2 is 1.57 bits per heavy atom. The van der Waals surface area contributed by atoms with Gasteiger partial charge in [-0.2, -0.15) is 0 Å². The van der Waals surface area contributed by atoms with Crippen molar-refractivity contribution in [1.29, 1.82) is 0 Å². The molecular formula is C25H31ClN2O2. The highest BCUT2D eigenvalue weighted by atomic mass is 35.5. The first kappa shape index (κ1) is 22.4. The Balaban J connectivity index is 1.67. The average molecular weight is 427 g/mol. The van der Waals surface area contributed by atoms with Crippen LogP contribution >= 0.6 is 11.6 Å².